The first-order chi connectivity index (χ1) is 6.34. The van der Waals surface area contributed by atoms with Gasteiger partial charge in [-0.2, -0.15) is 11.8 Å². The molecule has 1 aliphatic rings. The summed E-state index contributed by atoms with van der Waals surface area (Å²) in [5.41, 5.74) is 0. The lowest BCUT2D eigenvalue weighted by atomic mass is 10.1. The maximum absolute atomic E-state index is 11.5. The van der Waals surface area contributed by atoms with E-state index in [4.69, 9.17) is 4.74 Å². The van der Waals surface area contributed by atoms with Gasteiger partial charge in [0.25, 0.3) is 0 Å². The third kappa shape index (κ3) is 3.84. The molecule has 1 atom stereocenters. The summed E-state index contributed by atoms with van der Waals surface area (Å²) in [6.07, 6.45) is 1.03. The van der Waals surface area contributed by atoms with Crippen molar-refractivity contribution >= 4 is 17.5 Å². The Morgan fingerprint density at radius 3 is 3.15 bits per heavy atom. The first-order valence-corrected chi connectivity index (χ1v) is 5.61. The van der Waals surface area contributed by atoms with Crippen LogP contribution in [0.1, 0.15) is 19.8 Å². The van der Waals surface area contributed by atoms with Crippen LogP contribution in [0.5, 0.6) is 0 Å². The van der Waals surface area contributed by atoms with Gasteiger partial charge in [-0.25, -0.2) is 0 Å². The Kier molecular flexibility index (Phi) is 4.95. The van der Waals surface area contributed by atoms with Crippen LogP contribution in [0, 0.1) is 11.8 Å². The molecule has 3 heteroatoms. The molecule has 1 rings (SSSR count). The minimum Gasteiger partial charge on any atom is -0.369 e. The van der Waals surface area contributed by atoms with Gasteiger partial charge in [0.15, 0.2) is 5.78 Å². The predicted molar refractivity (Wildman–Crippen MR) is 54.8 cm³/mol. The highest BCUT2D eigenvalue weighted by molar-refractivity contribution is 7.99. The second-order valence-electron chi connectivity index (χ2n) is 2.83. The third-order valence-corrected chi connectivity index (χ3v) is 2.84. The number of rotatable bonds is 3. The van der Waals surface area contributed by atoms with Crippen molar-refractivity contribution in [3.05, 3.63) is 0 Å². The molecule has 0 aromatic carbocycles. The van der Waals surface area contributed by atoms with E-state index in [1.54, 1.807) is 18.7 Å². The monoisotopic (exact) mass is 198 g/mol. The highest BCUT2D eigenvalue weighted by Gasteiger charge is 2.21. The Bertz CT molecular complexity index is 221. The van der Waals surface area contributed by atoms with Crippen LogP contribution in [0.2, 0.25) is 0 Å². The fraction of sp³-hybridized carbons (Fsp3) is 0.700. The van der Waals surface area contributed by atoms with Crippen molar-refractivity contribution in [2.45, 2.75) is 25.9 Å². The van der Waals surface area contributed by atoms with Crippen molar-refractivity contribution in [1.82, 2.24) is 0 Å². The summed E-state index contributed by atoms with van der Waals surface area (Å²) in [4.78, 5) is 11.5. The number of Topliss-reactive ketones (excluding diaryl/α,β-unsaturated/α-hetero) is 1. The van der Waals surface area contributed by atoms with E-state index in [1.807, 2.05) is 0 Å². The van der Waals surface area contributed by atoms with Crippen molar-refractivity contribution in [2.24, 2.45) is 0 Å². The number of hydrogen-bond acceptors (Lipinski definition) is 3. The Hall–Kier alpha value is -0.460. The topological polar surface area (TPSA) is 26.3 Å². The second-order valence-corrected chi connectivity index (χ2v) is 3.98. The summed E-state index contributed by atoms with van der Waals surface area (Å²) in [7, 11) is 0. The summed E-state index contributed by atoms with van der Waals surface area (Å²) in [5, 5.41) is 0. The smallest absolute Gasteiger partial charge is 0.163 e. The quantitative estimate of drug-likeness (QED) is 0.643. The van der Waals surface area contributed by atoms with Gasteiger partial charge in [-0.3, -0.25) is 4.79 Å². The lowest BCUT2D eigenvalue weighted by Gasteiger charge is -2.20. The van der Waals surface area contributed by atoms with Crippen LogP contribution >= 0.6 is 11.8 Å². The molecule has 0 aliphatic carbocycles. The molecule has 0 N–H and O–H groups in total. The zero-order valence-electron chi connectivity index (χ0n) is 7.84. The molecule has 1 aliphatic heterocycles. The maximum atomic E-state index is 11.5. The van der Waals surface area contributed by atoms with Crippen LogP contribution < -0.4 is 0 Å². The van der Waals surface area contributed by atoms with Gasteiger partial charge in [0.05, 0.1) is 6.61 Å². The van der Waals surface area contributed by atoms with Crippen LogP contribution in [-0.4, -0.2) is 30.0 Å². The summed E-state index contributed by atoms with van der Waals surface area (Å²) >= 11 is 1.79. The van der Waals surface area contributed by atoms with E-state index in [-0.39, 0.29) is 11.9 Å². The largest absolute Gasteiger partial charge is 0.369 e. The highest BCUT2D eigenvalue weighted by atomic mass is 32.2. The molecule has 1 saturated heterocycles. The zero-order valence-corrected chi connectivity index (χ0v) is 8.65. The van der Waals surface area contributed by atoms with E-state index in [0.29, 0.717) is 19.4 Å². The second kappa shape index (κ2) is 6.06. The summed E-state index contributed by atoms with van der Waals surface area (Å²) in [6.45, 7) is 2.50. The van der Waals surface area contributed by atoms with Gasteiger partial charge in [-0.1, -0.05) is 0 Å². The molecule has 2 nitrogen and oxygen atoms in total. The first-order valence-electron chi connectivity index (χ1n) is 4.46. The van der Waals surface area contributed by atoms with Gasteiger partial charge in [0.1, 0.15) is 6.10 Å². The Morgan fingerprint density at radius 1 is 1.69 bits per heavy atom. The number of thioether (sulfide) groups is 1. The van der Waals surface area contributed by atoms with Crippen molar-refractivity contribution < 1.29 is 9.53 Å². The third-order valence-electron chi connectivity index (χ3n) is 1.85. The molecular weight excluding hydrogens is 184 g/mol. The summed E-state index contributed by atoms with van der Waals surface area (Å²) in [5.74, 6) is 7.70. The number of ether oxygens (including phenoxy) is 1. The van der Waals surface area contributed by atoms with E-state index in [0.717, 1.165) is 11.5 Å². The van der Waals surface area contributed by atoms with Crippen molar-refractivity contribution in [3.63, 3.8) is 0 Å². The molecule has 0 aromatic heterocycles. The minimum absolute atomic E-state index is 0.169. The van der Waals surface area contributed by atoms with Gasteiger partial charge < -0.3 is 4.74 Å². The van der Waals surface area contributed by atoms with Gasteiger partial charge in [-0.05, 0) is 6.92 Å². The number of carbonyl (C=O) groups excluding carboxylic acids is 1. The van der Waals surface area contributed by atoms with E-state index in [2.05, 4.69) is 11.8 Å². The number of ketones is 1. The Morgan fingerprint density at radius 2 is 2.54 bits per heavy atom. The van der Waals surface area contributed by atoms with Crippen LogP contribution in [0.4, 0.5) is 0 Å². The van der Waals surface area contributed by atoms with Crippen molar-refractivity contribution in [2.75, 3.05) is 18.1 Å². The zero-order chi connectivity index (χ0) is 9.52. The summed E-state index contributed by atoms with van der Waals surface area (Å²) < 4.78 is 5.35. The Balaban J connectivity index is 2.23. The molecule has 72 valence electrons. The predicted octanol–water partition coefficient (Wildman–Crippen LogP) is 1.49. The van der Waals surface area contributed by atoms with Crippen molar-refractivity contribution in [3.8, 4) is 11.8 Å². The van der Waals surface area contributed by atoms with E-state index < -0.39 is 0 Å². The fourth-order valence-electron chi connectivity index (χ4n) is 1.15. The van der Waals surface area contributed by atoms with Gasteiger partial charge in [-0.15, -0.1) is 11.8 Å². The maximum Gasteiger partial charge on any atom is 0.163 e. The van der Waals surface area contributed by atoms with Crippen LogP contribution in [-0.2, 0) is 9.53 Å². The van der Waals surface area contributed by atoms with Crippen LogP contribution in [0.3, 0.4) is 0 Å². The Labute approximate surface area is 83.4 Å². The average molecular weight is 198 g/mol. The van der Waals surface area contributed by atoms with E-state index in [1.165, 1.54) is 0 Å². The molecule has 0 spiro atoms. The van der Waals surface area contributed by atoms with Crippen LogP contribution in [0.25, 0.3) is 0 Å². The van der Waals surface area contributed by atoms with Gasteiger partial charge >= 0.3 is 0 Å². The molecule has 1 heterocycles. The standard InChI is InChI=1S/C10H14O2S/c1-2-3-4-5-9(11)10-8-13-7-6-12-10/h10H,4-8H2,1H3. The van der Waals surface area contributed by atoms with Gasteiger partial charge in [0, 0.05) is 24.3 Å². The first kappa shape index (κ1) is 10.6. The minimum atomic E-state index is -0.169. The molecular formula is C10H14O2S. The normalized spacial score (nSPS) is 21.8. The lowest BCUT2D eigenvalue weighted by molar-refractivity contribution is -0.129. The number of hydrogen-bond donors (Lipinski definition) is 0. The number of carbonyl (C=O) groups is 1. The van der Waals surface area contributed by atoms with Crippen LogP contribution in [0.15, 0.2) is 0 Å². The van der Waals surface area contributed by atoms with Gasteiger partial charge in [0.2, 0.25) is 0 Å². The molecule has 0 radical (unpaired) electrons. The fourth-order valence-corrected chi connectivity index (χ4v) is 2.02. The molecule has 13 heavy (non-hydrogen) atoms. The molecule has 0 aromatic rings. The SMILES string of the molecule is CC#CCCC(=O)C1CSCCO1. The van der Waals surface area contributed by atoms with Crippen molar-refractivity contribution in [1.29, 1.82) is 0 Å². The molecule has 1 fully saturated rings. The molecule has 1 unspecified atom stereocenters. The molecule has 0 saturated carbocycles. The average Bonchev–Trinajstić information content (AvgIpc) is 2.19. The van der Waals surface area contributed by atoms with E-state index >= 15 is 0 Å². The molecule has 0 amide bonds. The summed E-state index contributed by atoms with van der Waals surface area (Å²) in [6, 6.07) is 0. The lowest BCUT2D eigenvalue weighted by Crippen LogP contribution is -2.31. The van der Waals surface area contributed by atoms with E-state index in [9.17, 15) is 4.79 Å². The highest BCUT2D eigenvalue weighted by Crippen LogP contribution is 2.14. The molecule has 0 bridgehead atoms.